The largest absolute Gasteiger partial charge is 0.493 e. The number of halogens is 1. The molecular formula is C23H21BrN2O7S. The molecule has 9 nitrogen and oxygen atoms in total. The summed E-state index contributed by atoms with van der Waals surface area (Å²) in [5, 5.41) is 11.0. The SMILES string of the molecule is COc1cc(/C=C2/SC(=O)N(CC(=O)Nc3c(C)cccc3C)C2=O)cc(Br)c1OCC(=O)O. The number of amides is 3. The summed E-state index contributed by atoms with van der Waals surface area (Å²) in [5.41, 5.74) is 2.91. The van der Waals surface area contributed by atoms with Gasteiger partial charge < -0.3 is 19.9 Å². The van der Waals surface area contributed by atoms with Crippen molar-refractivity contribution in [2.45, 2.75) is 13.8 Å². The molecule has 3 amide bonds. The van der Waals surface area contributed by atoms with Gasteiger partial charge in [0.25, 0.3) is 11.1 Å². The molecule has 2 aromatic carbocycles. The molecule has 0 saturated carbocycles. The van der Waals surface area contributed by atoms with Crippen LogP contribution in [0.3, 0.4) is 0 Å². The van der Waals surface area contributed by atoms with Crippen LogP contribution in [-0.2, 0) is 14.4 Å². The maximum Gasteiger partial charge on any atom is 0.341 e. The van der Waals surface area contributed by atoms with Gasteiger partial charge in [-0.15, -0.1) is 0 Å². The quantitative estimate of drug-likeness (QED) is 0.470. The Kier molecular flexibility index (Phi) is 8.00. The van der Waals surface area contributed by atoms with Gasteiger partial charge in [0.15, 0.2) is 18.1 Å². The van der Waals surface area contributed by atoms with Crippen LogP contribution in [0.2, 0.25) is 0 Å². The van der Waals surface area contributed by atoms with Crippen LogP contribution in [0.25, 0.3) is 6.08 Å². The highest BCUT2D eigenvalue weighted by atomic mass is 79.9. The second-order valence-corrected chi connectivity index (χ2v) is 9.15. The summed E-state index contributed by atoms with van der Waals surface area (Å²) in [5.74, 6) is -1.78. The maximum absolute atomic E-state index is 12.8. The van der Waals surface area contributed by atoms with Gasteiger partial charge in [0.2, 0.25) is 5.91 Å². The van der Waals surface area contributed by atoms with Gasteiger partial charge in [-0.25, -0.2) is 4.79 Å². The molecule has 3 rings (SSSR count). The number of benzene rings is 2. The van der Waals surface area contributed by atoms with Crippen LogP contribution in [0.4, 0.5) is 10.5 Å². The third kappa shape index (κ3) is 5.78. The predicted octanol–water partition coefficient (Wildman–Crippen LogP) is 4.21. The molecule has 2 N–H and O–H groups in total. The fourth-order valence-corrected chi connectivity index (χ4v) is 4.63. The minimum atomic E-state index is -1.15. The molecule has 0 atom stereocenters. The molecule has 0 spiro atoms. The minimum absolute atomic E-state index is 0.137. The van der Waals surface area contributed by atoms with Gasteiger partial charge in [0.1, 0.15) is 6.54 Å². The second kappa shape index (κ2) is 10.7. The van der Waals surface area contributed by atoms with E-state index in [-0.39, 0.29) is 16.4 Å². The van der Waals surface area contributed by atoms with Crippen molar-refractivity contribution in [2.24, 2.45) is 0 Å². The number of nitrogens with one attached hydrogen (secondary N) is 1. The Morgan fingerprint density at radius 2 is 1.88 bits per heavy atom. The number of carboxylic acid groups (broad SMARTS) is 1. The molecule has 2 aromatic rings. The van der Waals surface area contributed by atoms with Crippen molar-refractivity contribution in [3.05, 3.63) is 56.4 Å². The number of thioether (sulfide) groups is 1. The Bertz CT molecular complexity index is 1190. The Morgan fingerprint density at radius 1 is 1.21 bits per heavy atom. The lowest BCUT2D eigenvalue weighted by Crippen LogP contribution is -2.36. The molecule has 11 heteroatoms. The van der Waals surface area contributed by atoms with Gasteiger partial charge in [0, 0.05) is 5.69 Å². The number of ether oxygens (including phenoxy) is 2. The summed E-state index contributed by atoms with van der Waals surface area (Å²) in [4.78, 5) is 49.6. The van der Waals surface area contributed by atoms with Crippen molar-refractivity contribution in [2.75, 3.05) is 25.6 Å². The predicted molar refractivity (Wildman–Crippen MR) is 131 cm³/mol. The number of anilines is 1. The fourth-order valence-electron chi connectivity index (χ4n) is 3.22. The van der Waals surface area contributed by atoms with Gasteiger partial charge in [-0.1, -0.05) is 18.2 Å². The van der Waals surface area contributed by atoms with Crippen LogP contribution >= 0.6 is 27.7 Å². The zero-order valence-electron chi connectivity index (χ0n) is 18.5. The third-order valence-corrected chi connectivity index (χ3v) is 6.31. The van der Waals surface area contributed by atoms with E-state index in [0.717, 1.165) is 27.8 Å². The topological polar surface area (TPSA) is 122 Å². The fraction of sp³-hybridized carbons (Fsp3) is 0.217. The second-order valence-electron chi connectivity index (χ2n) is 7.30. The molecule has 1 aliphatic heterocycles. The number of carbonyl (C=O) groups excluding carboxylic acids is 3. The number of imide groups is 1. The lowest BCUT2D eigenvalue weighted by molar-refractivity contribution is -0.139. The number of hydrogen-bond acceptors (Lipinski definition) is 7. The van der Waals surface area contributed by atoms with E-state index in [1.54, 1.807) is 12.1 Å². The monoisotopic (exact) mass is 548 g/mol. The van der Waals surface area contributed by atoms with E-state index in [9.17, 15) is 19.2 Å². The van der Waals surface area contributed by atoms with E-state index in [0.29, 0.717) is 15.7 Å². The molecule has 0 aliphatic carbocycles. The number of hydrogen-bond donors (Lipinski definition) is 2. The van der Waals surface area contributed by atoms with Crippen molar-refractivity contribution in [1.29, 1.82) is 0 Å². The Balaban J connectivity index is 1.77. The van der Waals surface area contributed by atoms with Gasteiger partial charge in [0.05, 0.1) is 16.5 Å². The summed E-state index contributed by atoms with van der Waals surface area (Å²) in [6.45, 7) is 2.74. The van der Waals surface area contributed by atoms with Crippen LogP contribution < -0.4 is 14.8 Å². The third-order valence-electron chi connectivity index (χ3n) is 4.81. The van der Waals surface area contributed by atoms with Gasteiger partial charge >= 0.3 is 5.97 Å². The number of aryl methyl sites for hydroxylation is 2. The minimum Gasteiger partial charge on any atom is -0.493 e. The molecule has 1 fully saturated rings. The highest BCUT2D eigenvalue weighted by Gasteiger charge is 2.36. The number of carboxylic acids is 1. The Morgan fingerprint density at radius 3 is 2.50 bits per heavy atom. The van der Waals surface area contributed by atoms with Gasteiger partial charge in [-0.3, -0.25) is 19.3 Å². The molecule has 0 aromatic heterocycles. The molecule has 1 saturated heterocycles. The zero-order valence-corrected chi connectivity index (χ0v) is 20.9. The van der Waals surface area contributed by atoms with Gasteiger partial charge in [-0.2, -0.15) is 0 Å². The van der Waals surface area contributed by atoms with E-state index in [1.807, 2.05) is 32.0 Å². The summed E-state index contributed by atoms with van der Waals surface area (Å²) in [6, 6.07) is 8.73. The summed E-state index contributed by atoms with van der Waals surface area (Å²) in [7, 11) is 1.39. The van der Waals surface area contributed by atoms with Crippen molar-refractivity contribution < 1.29 is 33.8 Å². The average Bonchev–Trinajstić information content (AvgIpc) is 3.02. The van der Waals surface area contributed by atoms with E-state index in [2.05, 4.69) is 21.2 Å². The normalized spacial score (nSPS) is 14.5. The number of carbonyl (C=O) groups is 4. The molecule has 34 heavy (non-hydrogen) atoms. The van der Waals surface area contributed by atoms with Crippen LogP contribution in [0, 0.1) is 13.8 Å². The van der Waals surface area contributed by atoms with Crippen LogP contribution in [0.15, 0.2) is 39.7 Å². The Labute approximate surface area is 208 Å². The summed E-state index contributed by atoms with van der Waals surface area (Å²) < 4.78 is 10.9. The Hall–Kier alpha value is -3.31. The van der Waals surface area contributed by atoms with Crippen LogP contribution in [0.5, 0.6) is 11.5 Å². The van der Waals surface area contributed by atoms with Crippen molar-refractivity contribution in [3.63, 3.8) is 0 Å². The number of rotatable bonds is 8. The van der Waals surface area contributed by atoms with Crippen molar-refractivity contribution in [1.82, 2.24) is 4.90 Å². The molecule has 1 aliphatic rings. The molecule has 1 heterocycles. The molecular weight excluding hydrogens is 528 g/mol. The molecule has 178 valence electrons. The van der Waals surface area contributed by atoms with E-state index >= 15 is 0 Å². The lowest BCUT2D eigenvalue weighted by Gasteiger charge is -2.15. The average molecular weight is 549 g/mol. The molecule has 0 bridgehead atoms. The van der Waals surface area contributed by atoms with E-state index in [4.69, 9.17) is 14.6 Å². The van der Waals surface area contributed by atoms with Gasteiger partial charge in [-0.05, 0) is 76.4 Å². The standard InChI is InChI=1S/C23H21BrN2O7S/c1-12-5-4-6-13(2)20(12)25-18(27)10-26-22(30)17(34-23(26)31)9-14-7-15(24)21(16(8-14)32-3)33-11-19(28)29/h4-9H,10-11H2,1-3H3,(H,25,27)(H,28,29)/b17-9+. The number of nitrogens with zero attached hydrogens (tertiary/aromatic N) is 1. The van der Waals surface area contributed by atoms with Crippen molar-refractivity contribution >= 4 is 62.5 Å². The first-order chi connectivity index (χ1) is 16.1. The zero-order chi connectivity index (χ0) is 25.0. The van der Waals surface area contributed by atoms with E-state index in [1.165, 1.54) is 13.2 Å². The first kappa shape index (κ1) is 25.3. The number of methoxy groups -OCH3 is 1. The first-order valence-electron chi connectivity index (χ1n) is 9.94. The highest BCUT2D eigenvalue weighted by molar-refractivity contribution is 9.10. The van der Waals surface area contributed by atoms with E-state index < -0.39 is 36.2 Å². The molecule has 0 unspecified atom stereocenters. The van der Waals surface area contributed by atoms with Crippen LogP contribution in [0.1, 0.15) is 16.7 Å². The summed E-state index contributed by atoms with van der Waals surface area (Å²) in [6.07, 6.45) is 1.49. The lowest BCUT2D eigenvalue weighted by atomic mass is 10.1. The summed E-state index contributed by atoms with van der Waals surface area (Å²) >= 11 is 4.03. The van der Waals surface area contributed by atoms with Crippen molar-refractivity contribution in [3.8, 4) is 11.5 Å². The smallest absolute Gasteiger partial charge is 0.341 e. The maximum atomic E-state index is 12.8. The number of para-hydroxylation sites is 1. The number of aliphatic carboxylic acids is 1. The first-order valence-corrected chi connectivity index (χ1v) is 11.5. The highest BCUT2D eigenvalue weighted by Crippen LogP contribution is 2.39. The van der Waals surface area contributed by atoms with Crippen LogP contribution in [-0.4, -0.2) is 53.3 Å². The molecule has 0 radical (unpaired) electrons.